The number of fused-ring (bicyclic) bond motifs is 2. The number of nitrogens with zero attached hydrogens (tertiary/aromatic N) is 2. The molecule has 0 fully saturated rings. The Labute approximate surface area is 215 Å². The minimum atomic E-state index is -0.861. The van der Waals surface area contributed by atoms with Gasteiger partial charge in [-0.1, -0.05) is 0 Å². The largest absolute Gasteiger partial charge is 0.493 e. The van der Waals surface area contributed by atoms with Crippen LogP contribution in [0.4, 0.5) is 0 Å². The first-order chi connectivity index (χ1) is 17.9. The zero-order valence-electron chi connectivity index (χ0n) is 21.5. The highest BCUT2D eigenvalue weighted by Gasteiger charge is 2.19. The van der Waals surface area contributed by atoms with Gasteiger partial charge in [0.05, 0.1) is 26.0 Å². The molecule has 1 unspecified atom stereocenters. The molecule has 8 heteroatoms. The average molecular weight is 505 g/mol. The molecule has 2 heterocycles. The lowest BCUT2D eigenvalue weighted by molar-refractivity contribution is -0.140. The number of benzene rings is 2. The highest BCUT2D eigenvalue weighted by Crippen LogP contribution is 2.34. The van der Waals surface area contributed by atoms with Gasteiger partial charge in [0.25, 0.3) is 0 Å². The summed E-state index contributed by atoms with van der Waals surface area (Å²) < 4.78 is 25.2. The van der Waals surface area contributed by atoms with E-state index in [-0.39, 0.29) is 0 Å². The van der Waals surface area contributed by atoms with E-state index in [2.05, 4.69) is 4.98 Å². The van der Waals surface area contributed by atoms with E-state index in [9.17, 15) is 9.90 Å². The van der Waals surface area contributed by atoms with Gasteiger partial charge in [-0.05, 0) is 75.1 Å². The Kier molecular flexibility index (Phi) is 7.08. The SMILES string of the molecule is COc1cc(-c2nc3c(o2)CCCC3)ccc1OCCCOc1ccc2c(c1)c(C)cn2C(C)C(=O)O. The number of hydrogen-bond acceptors (Lipinski definition) is 6. The number of hydrogen-bond donors (Lipinski definition) is 1. The van der Waals surface area contributed by atoms with Gasteiger partial charge in [-0.25, -0.2) is 9.78 Å². The summed E-state index contributed by atoms with van der Waals surface area (Å²) in [7, 11) is 1.62. The van der Waals surface area contributed by atoms with Crippen molar-refractivity contribution in [3.05, 3.63) is 59.6 Å². The fraction of sp³-hybridized carbons (Fsp3) is 0.379. The second-order valence-electron chi connectivity index (χ2n) is 9.42. The Morgan fingerprint density at radius 2 is 1.92 bits per heavy atom. The summed E-state index contributed by atoms with van der Waals surface area (Å²) in [4.78, 5) is 16.1. The van der Waals surface area contributed by atoms with Crippen LogP contribution < -0.4 is 14.2 Å². The van der Waals surface area contributed by atoms with Crippen molar-refractivity contribution in [1.82, 2.24) is 9.55 Å². The Morgan fingerprint density at radius 1 is 1.11 bits per heavy atom. The molecule has 0 spiro atoms. The molecular weight excluding hydrogens is 472 g/mol. The van der Waals surface area contributed by atoms with Crippen LogP contribution in [0.2, 0.25) is 0 Å². The third-order valence-corrected chi connectivity index (χ3v) is 6.85. The molecule has 0 saturated carbocycles. The number of carbonyl (C=O) groups is 1. The molecule has 8 nitrogen and oxygen atoms in total. The molecule has 0 radical (unpaired) electrons. The maximum Gasteiger partial charge on any atom is 0.326 e. The van der Waals surface area contributed by atoms with E-state index in [0.717, 1.165) is 64.9 Å². The molecule has 0 amide bonds. The van der Waals surface area contributed by atoms with Crippen molar-refractivity contribution in [2.24, 2.45) is 0 Å². The van der Waals surface area contributed by atoms with E-state index < -0.39 is 12.0 Å². The quantitative estimate of drug-likeness (QED) is 0.265. The van der Waals surface area contributed by atoms with Crippen LogP contribution in [0.1, 0.15) is 49.2 Å². The van der Waals surface area contributed by atoms with Gasteiger partial charge in [0, 0.05) is 35.5 Å². The molecule has 1 aliphatic carbocycles. The predicted molar refractivity (Wildman–Crippen MR) is 140 cm³/mol. The highest BCUT2D eigenvalue weighted by molar-refractivity contribution is 5.87. The molecule has 1 aliphatic rings. The topological polar surface area (TPSA) is 96.0 Å². The predicted octanol–water partition coefficient (Wildman–Crippen LogP) is 5.99. The zero-order chi connectivity index (χ0) is 25.9. The van der Waals surface area contributed by atoms with Crippen molar-refractivity contribution in [2.45, 2.75) is 52.0 Å². The lowest BCUT2D eigenvalue weighted by Gasteiger charge is -2.12. The molecule has 4 aromatic rings. The molecule has 194 valence electrons. The summed E-state index contributed by atoms with van der Waals surface area (Å²) in [6.45, 7) is 4.60. The first-order valence-corrected chi connectivity index (χ1v) is 12.7. The van der Waals surface area contributed by atoms with E-state index in [1.54, 1.807) is 18.6 Å². The van der Waals surface area contributed by atoms with Gasteiger partial charge in [0.1, 0.15) is 17.6 Å². The van der Waals surface area contributed by atoms with Gasteiger partial charge in [-0.3, -0.25) is 0 Å². The van der Waals surface area contributed by atoms with E-state index in [1.807, 2.05) is 49.5 Å². The minimum Gasteiger partial charge on any atom is -0.493 e. The number of carboxylic acids is 1. The van der Waals surface area contributed by atoms with Gasteiger partial charge in [0.15, 0.2) is 11.5 Å². The number of methoxy groups -OCH3 is 1. The number of oxazole rings is 1. The average Bonchev–Trinajstić information content (AvgIpc) is 3.49. The summed E-state index contributed by atoms with van der Waals surface area (Å²) >= 11 is 0. The lowest BCUT2D eigenvalue weighted by atomic mass is 10.0. The van der Waals surface area contributed by atoms with Gasteiger partial charge < -0.3 is 28.3 Å². The van der Waals surface area contributed by atoms with Gasteiger partial charge in [-0.2, -0.15) is 0 Å². The normalized spacial score (nSPS) is 13.8. The first kappa shape index (κ1) is 24.7. The second-order valence-corrected chi connectivity index (χ2v) is 9.42. The molecule has 2 aromatic carbocycles. The Hall–Kier alpha value is -3.94. The van der Waals surface area contributed by atoms with Crippen molar-refractivity contribution in [3.63, 3.8) is 0 Å². The van der Waals surface area contributed by atoms with Crippen LogP contribution in [0.15, 0.2) is 47.0 Å². The second kappa shape index (κ2) is 10.6. The maximum absolute atomic E-state index is 11.4. The minimum absolute atomic E-state index is 0.469. The Bertz CT molecular complexity index is 1400. The zero-order valence-corrected chi connectivity index (χ0v) is 21.5. The Morgan fingerprint density at radius 3 is 2.70 bits per heavy atom. The van der Waals surface area contributed by atoms with Crippen molar-refractivity contribution in [3.8, 4) is 28.7 Å². The van der Waals surface area contributed by atoms with Gasteiger partial charge >= 0.3 is 5.97 Å². The van der Waals surface area contributed by atoms with Gasteiger partial charge in [0.2, 0.25) is 5.89 Å². The third kappa shape index (κ3) is 5.14. The van der Waals surface area contributed by atoms with Crippen LogP contribution in [0.25, 0.3) is 22.4 Å². The summed E-state index contributed by atoms with van der Waals surface area (Å²) in [5, 5.41) is 10.4. The molecule has 5 rings (SSSR count). The monoisotopic (exact) mass is 504 g/mol. The maximum atomic E-state index is 11.4. The van der Waals surface area contributed by atoms with E-state index in [0.29, 0.717) is 37.0 Å². The molecule has 0 bridgehead atoms. The van der Waals surface area contributed by atoms with Crippen molar-refractivity contribution in [1.29, 1.82) is 0 Å². The highest BCUT2D eigenvalue weighted by atomic mass is 16.5. The fourth-order valence-electron chi connectivity index (χ4n) is 4.76. The standard InChI is InChI=1S/C29H32N2O6/c1-18-17-31(19(2)29(32)33)24-11-10-21(16-22(18)24)35-13-6-14-36-26-12-9-20(15-27(26)34-3)28-30-23-7-4-5-8-25(23)37-28/h9-12,15-17,19H,4-8,13-14H2,1-3H3,(H,32,33). The lowest BCUT2D eigenvalue weighted by Crippen LogP contribution is -2.14. The van der Waals surface area contributed by atoms with E-state index in [4.69, 9.17) is 18.6 Å². The molecule has 0 aliphatic heterocycles. The van der Waals surface area contributed by atoms with Crippen LogP contribution >= 0.6 is 0 Å². The summed E-state index contributed by atoms with van der Waals surface area (Å²) in [6, 6.07) is 10.8. The van der Waals surface area contributed by atoms with E-state index in [1.165, 1.54) is 0 Å². The molecular formula is C29H32N2O6. The summed E-state index contributed by atoms with van der Waals surface area (Å²) in [5.41, 5.74) is 3.84. The van der Waals surface area contributed by atoms with Gasteiger partial charge in [-0.15, -0.1) is 0 Å². The first-order valence-electron chi connectivity index (χ1n) is 12.7. The van der Waals surface area contributed by atoms with E-state index >= 15 is 0 Å². The van der Waals surface area contributed by atoms with Crippen molar-refractivity contribution < 1.29 is 28.5 Å². The van der Waals surface area contributed by atoms with Crippen LogP contribution in [0, 0.1) is 6.92 Å². The van der Waals surface area contributed by atoms with Crippen LogP contribution in [0.5, 0.6) is 17.2 Å². The fourth-order valence-corrected chi connectivity index (χ4v) is 4.76. The van der Waals surface area contributed by atoms with Crippen molar-refractivity contribution in [2.75, 3.05) is 20.3 Å². The van der Waals surface area contributed by atoms with Crippen LogP contribution in [-0.2, 0) is 17.6 Å². The molecule has 1 N–H and O–H groups in total. The number of ether oxygens (including phenoxy) is 3. The van der Waals surface area contributed by atoms with Crippen LogP contribution in [0.3, 0.4) is 0 Å². The molecule has 0 saturated heterocycles. The van der Waals surface area contributed by atoms with Crippen molar-refractivity contribution >= 4 is 16.9 Å². The smallest absolute Gasteiger partial charge is 0.326 e. The molecule has 2 aromatic heterocycles. The van der Waals surface area contributed by atoms with Crippen LogP contribution in [-0.4, -0.2) is 41.0 Å². The number of carboxylic acid groups (broad SMARTS) is 1. The third-order valence-electron chi connectivity index (χ3n) is 6.85. The number of rotatable bonds is 10. The number of aliphatic carboxylic acids is 1. The summed E-state index contributed by atoms with van der Waals surface area (Å²) in [6.07, 6.45) is 6.79. The molecule has 1 atom stereocenters. The Balaban J connectivity index is 1.17. The number of aromatic nitrogens is 2. The molecule has 37 heavy (non-hydrogen) atoms. The number of aryl methyl sites for hydroxylation is 3. The summed E-state index contributed by atoms with van der Waals surface area (Å²) in [5.74, 6) is 2.81.